The van der Waals surface area contributed by atoms with Crippen molar-refractivity contribution >= 4 is 110 Å². The van der Waals surface area contributed by atoms with Crippen molar-refractivity contribution in [3.8, 4) is 69.0 Å². The number of methoxy groups -OCH3 is 10. The summed E-state index contributed by atoms with van der Waals surface area (Å²) < 4.78 is 101. The number of anilines is 3. The second-order valence-electron chi connectivity index (χ2n) is 32.2. The van der Waals surface area contributed by atoms with Crippen LogP contribution in [-0.2, 0) is 107 Å². The van der Waals surface area contributed by atoms with Gasteiger partial charge in [-0.05, 0) is 129 Å². The maximum absolute atomic E-state index is 12.9. The summed E-state index contributed by atoms with van der Waals surface area (Å²) in [7, 11) is 15.5. The van der Waals surface area contributed by atoms with Crippen LogP contribution in [0.2, 0.25) is 5.35 Å². The topological polar surface area (TPSA) is 364 Å². The van der Waals surface area contributed by atoms with Gasteiger partial charge in [-0.3, -0.25) is 4.79 Å². The van der Waals surface area contributed by atoms with Crippen LogP contribution in [-0.4, -0.2) is 149 Å². The molecule has 4 aliphatic rings. The number of nitrogens with zero attached hydrogens (tertiary/aromatic N) is 7. The lowest BCUT2D eigenvalue weighted by atomic mass is 9.92. The monoisotopic (exact) mass is 1940 g/mol. The van der Waals surface area contributed by atoms with Gasteiger partial charge in [-0.25, -0.2) is 14.4 Å². The van der Waals surface area contributed by atoms with Crippen LogP contribution in [0.1, 0.15) is 66.8 Å². The molecule has 3 N–H and O–H groups in total. The molecular weight excluding hydrogens is 1840 g/mol. The van der Waals surface area contributed by atoms with Crippen LogP contribution in [0.5, 0.6) is 69.0 Å². The van der Waals surface area contributed by atoms with Crippen LogP contribution in [0.15, 0.2) is 260 Å². The molecule has 0 amide bonds. The standard InChI is InChI=1S/C27H26N2O6.2C26H24N2O6.C19H21NO4.C8H6ClNO2.ClH/c1-31-19-10-11-21-24(13-19)35-27(28-21)29-15-18-9-12-23(32-2)25(20(18)14-22(29)26(30)33-3)34-16-17-7-5-4-6-8-17;2*1-31-18-9-10-20-23(12-18)34-26(27-20)28-14-17-8-11-22(32-2)24(19(17)13-21(28)25(29)30)33-15-16-6-4-3-5-7-16;1-22-17-9-8-14-11-20-16(19(21)23-2)10-15(14)18(17)24-12-13-6-4-3-5-7-13;1-11-5-2-3-6-7(4-5)12-8(9)10-6;/h4-13,22H,14-16H2,1-3H3;2*3-12,21H,13-15H2,1-2H3,(H,29,30);3-9,16,20H,10-12H2,1-2H3;2-4H,1H3;1H/t22-;2*21-;16-;;/m0000../s1. The van der Waals surface area contributed by atoms with Crippen molar-refractivity contribution in [2.75, 3.05) is 85.8 Å². The zero-order valence-corrected chi connectivity index (χ0v) is 79.8. The van der Waals surface area contributed by atoms with E-state index in [9.17, 15) is 29.4 Å². The van der Waals surface area contributed by atoms with Crippen LogP contribution < -0.4 is 76.9 Å². The largest absolute Gasteiger partial charge is 0.497 e. The number of carboxylic acid groups (broad SMARTS) is 2. The van der Waals surface area contributed by atoms with Crippen molar-refractivity contribution in [3.05, 3.63) is 315 Å². The second kappa shape index (κ2) is 45.7. The first-order valence-electron chi connectivity index (χ1n) is 44.3. The smallest absolute Gasteiger partial charge is 0.329 e. The van der Waals surface area contributed by atoms with Crippen LogP contribution in [0.3, 0.4) is 0 Å². The molecule has 12 aromatic carbocycles. The Labute approximate surface area is 816 Å². The second-order valence-corrected chi connectivity index (χ2v) is 32.6. The number of aliphatic carboxylic acids is 2. The van der Waals surface area contributed by atoms with Crippen molar-refractivity contribution in [1.29, 1.82) is 0 Å². The number of aromatic nitrogens is 4. The van der Waals surface area contributed by atoms with Gasteiger partial charge in [0, 0.05) is 98.4 Å². The van der Waals surface area contributed by atoms with Crippen LogP contribution in [0.25, 0.3) is 44.4 Å². The number of rotatable bonds is 27. The van der Waals surface area contributed by atoms with Gasteiger partial charge in [-0.2, -0.15) is 19.9 Å². The van der Waals surface area contributed by atoms with Gasteiger partial charge >= 0.3 is 23.9 Å². The number of carbonyl (C=O) groups excluding carboxylic acids is 2. The molecule has 0 radical (unpaired) electrons. The lowest BCUT2D eigenvalue weighted by molar-refractivity contribution is -0.143. The number of nitrogens with one attached hydrogen (secondary N) is 1. The molecule has 4 aliphatic heterocycles. The fraction of sp³-hybridized carbons (Fsp3) is 0.245. The Morgan fingerprint density at radius 1 is 0.343 bits per heavy atom. The van der Waals surface area contributed by atoms with E-state index < -0.39 is 30.1 Å². The summed E-state index contributed by atoms with van der Waals surface area (Å²) in [6, 6.07) is 74.3. The fourth-order valence-electron chi connectivity index (χ4n) is 16.7. The van der Waals surface area contributed by atoms with Gasteiger partial charge < -0.3 is 114 Å². The Balaban J connectivity index is 0.000000136. The van der Waals surface area contributed by atoms with Gasteiger partial charge in [0.1, 0.15) is 95.7 Å². The quantitative estimate of drug-likeness (QED) is 0.0403. The van der Waals surface area contributed by atoms with Crippen molar-refractivity contribution in [2.24, 2.45) is 0 Å². The molecule has 0 aliphatic carbocycles. The molecule has 32 nitrogen and oxygen atoms in total. The molecule has 0 fully saturated rings. The Morgan fingerprint density at radius 3 is 0.929 bits per heavy atom. The minimum absolute atomic E-state index is 0. The Hall–Kier alpha value is -16.1. The van der Waals surface area contributed by atoms with Gasteiger partial charge in [0.05, 0.1) is 71.1 Å². The van der Waals surface area contributed by atoms with Crippen LogP contribution in [0.4, 0.5) is 18.0 Å². The number of esters is 2. The highest BCUT2D eigenvalue weighted by Gasteiger charge is 2.41. The number of benzene rings is 12. The van der Waals surface area contributed by atoms with Crippen molar-refractivity contribution < 1.29 is 113 Å². The van der Waals surface area contributed by atoms with Gasteiger partial charge in [0.15, 0.2) is 68.3 Å². The molecule has 20 rings (SSSR count). The van der Waals surface area contributed by atoms with E-state index in [1.807, 2.05) is 187 Å². The highest BCUT2D eigenvalue weighted by molar-refractivity contribution is 6.28. The van der Waals surface area contributed by atoms with E-state index in [0.29, 0.717) is 174 Å². The van der Waals surface area contributed by atoms with Gasteiger partial charge in [0.2, 0.25) is 0 Å². The molecule has 0 bridgehead atoms. The van der Waals surface area contributed by atoms with E-state index in [1.165, 1.54) is 14.2 Å². The van der Waals surface area contributed by atoms with E-state index >= 15 is 0 Å². The predicted octanol–water partition coefficient (Wildman–Crippen LogP) is 18.8. The van der Waals surface area contributed by atoms with Gasteiger partial charge in [-0.15, -0.1) is 12.4 Å². The van der Waals surface area contributed by atoms with Crippen molar-refractivity contribution in [3.63, 3.8) is 0 Å². The maximum Gasteiger partial charge on any atom is 0.329 e. The van der Waals surface area contributed by atoms with E-state index in [-0.39, 0.29) is 60.6 Å². The maximum atomic E-state index is 12.9. The molecule has 16 aromatic rings. The minimum atomic E-state index is -0.970. The average molecular weight is 1940 g/mol. The molecule has 0 spiro atoms. The molecule has 34 heteroatoms. The lowest BCUT2D eigenvalue weighted by Crippen LogP contribution is -2.46. The van der Waals surface area contributed by atoms with Crippen molar-refractivity contribution in [2.45, 2.75) is 102 Å². The molecule has 0 saturated heterocycles. The zero-order valence-electron chi connectivity index (χ0n) is 78.2. The number of carbonyl (C=O) groups is 4. The van der Waals surface area contributed by atoms with Crippen LogP contribution in [0, 0.1) is 0 Å². The van der Waals surface area contributed by atoms with Crippen LogP contribution >= 0.6 is 24.0 Å². The average Bonchev–Trinajstić information content (AvgIpc) is 1.39. The van der Waals surface area contributed by atoms with Gasteiger partial charge in [0.25, 0.3) is 23.4 Å². The molecule has 724 valence electrons. The number of hydrogen-bond acceptors (Lipinski definition) is 30. The third kappa shape index (κ3) is 22.6. The minimum Gasteiger partial charge on any atom is -0.497 e. The lowest BCUT2D eigenvalue weighted by Gasteiger charge is -2.35. The summed E-state index contributed by atoms with van der Waals surface area (Å²) in [6.07, 6.45) is 1.30. The van der Waals surface area contributed by atoms with E-state index in [1.54, 1.807) is 127 Å². The molecule has 4 aromatic heterocycles. The molecule has 0 saturated carbocycles. The third-order valence-electron chi connectivity index (χ3n) is 23.9. The molecule has 0 unspecified atom stereocenters. The Bertz CT molecular complexity index is 6800. The Morgan fingerprint density at radius 2 is 0.629 bits per heavy atom. The SMILES string of the molecule is COC(=O)[C@@H]1Cc2c(ccc(OC)c2OCc2ccccc2)CN1.COC(=O)[C@@H]1Cc2c(ccc(OC)c2OCc2ccccc2)CN1c1nc2ccc(OC)cc2o1.COc1ccc2nc(Cl)oc2c1.COc1ccc2nc(N3Cc4ccc(OC)c(OCc5ccccc5)c4C[C@H]3C(=O)O)oc2c1.COc1ccc2nc(N3Cc4ccc(OC)c(OCc5ccccc5)c4C[C@H]3C(=O)O)oc2c1.Cl. The third-order valence-corrected chi connectivity index (χ3v) is 24.1. The Kier molecular flexibility index (Phi) is 32.2. The summed E-state index contributed by atoms with van der Waals surface area (Å²) >= 11 is 5.56. The zero-order chi connectivity index (χ0) is 97.2. The fourth-order valence-corrected chi connectivity index (χ4v) is 16.9. The number of fused-ring (bicyclic) bond motifs is 8. The first-order chi connectivity index (χ1) is 67.8. The predicted molar refractivity (Wildman–Crippen MR) is 524 cm³/mol. The number of carboxylic acids is 2. The molecule has 8 heterocycles. The number of halogens is 2. The summed E-state index contributed by atoms with van der Waals surface area (Å²) in [4.78, 5) is 72.2. The molecular formula is C106H102Cl2N8O24. The summed E-state index contributed by atoms with van der Waals surface area (Å²) in [5, 5.41) is 23.5. The van der Waals surface area contributed by atoms with Crippen molar-refractivity contribution in [1.82, 2.24) is 25.3 Å². The normalized spacial score (nSPS) is 14.8. The first-order valence-corrected chi connectivity index (χ1v) is 44.7. The summed E-state index contributed by atoms with van der Waals surface area (Å²) in [5.41, 5.74) is 16.6. The summed E-state index contributed by atoms with van der Waals surface area (Å²) in [6.45, 7) is 3.14. The first kappa shape index (κ1) is 98.5. The van der Waals surface area contributed by atoms with E-state index in [0.717, 1.165) is 78.0 Å². The summed E-state index contributed by atoms with van der Waals surface area (Å²) in [5.74, 6) is 4.99. The molecule has 4 atom stereocenters. The number of oxazole rings is 4. The highest BCUT2D eigenvalue weighted by Crippen LogP contribution is 2.46. The van der Waals surface area contributed by atoms with E-state index in [4.69, 9.17) is 95.6 Å². The van der Waals surface area contributed by atoms with E-state index in [2.05, 4.69) is 25.3 Å². The highest BCUT2D eigenvalue weighted by atomic mass is 35.5. The number of ether oxygens (including phenoxy) is 14. The molecule has 140 heavy (non-hydrogen) atoms. The van der Waals surface area contributed by atoms with Gasteiger partial charge in [-0.1, -0.05) is 146 Å². The number of hydrogen-bond donors (Lipinski definition) is 3.